The molecule has 1 amide bonds. The van der Waals surface area contributed by atoms with Gasteiger partial charge in [0.05, 0.1) is 12.2 Å². The van der Waals surface area contributed by atoms with E-state index in [9.17, 15) is 9.18 Å². The number of carbonyl (C=O) groups is 1. The van der Waals surface area contributed by atoms with Gasteiger partial charge in [-0.3, -0.25) is 4.79 Å². The molecule has 4 heteroatoms. The van der Waals surface area contributed by atoms with Gasteiger partial charge in [0.2, 0.25) is 0 Å². The Balaban J connectivity index is 2.03. The fraction of sp³-hybridized carbons (Fsp3) is 0.235. The topological polar surface area (TPSA) is 29.5 Å². The van der Waals surface area contributed by atoms with Crippen LogP contribution in [0.2, 0.25) is 0 Å². The number of amides is 1. The SMILES string of the molecule is Cc1ccccc1CN1C(=O)C(C)Oc2ccc(F)cc21. The Morgan fingerprint density at radius 2 is 2.00 bits per heavy atom. The van der Waals surface area contributed by atoms with Crippen LogP contribution in [-0.4, -0.2) is 12.0 Å². The first-order valence-electron chi connectivity index (χ1n) is 6.88. The van der Waals surface area contributed by atoms with Crippen molar-refractivity contribution in [2.75, 3.05) is 4.90 Å². The lowest BCUT2D eigenvalue weighted by Crippen LogP contribution is -2.44. The molecule has 1 heterocycles. The number of halogens is 1. The van der Waals surface area contributed by atoms with E-state index in [0.717, 1.165) is 11.1 Å². The van der Waals surface area contributed by atoms with E-state index in [4.69, 9.17) is 4.74 Å². The molecular formula is C17H16FNO2. The van der Waals surface area contributed by atoms with Gasteiger partial charge in [0.25, 0.3) is 5.91 Å². The van der Waals surface area contributed by atoms with Gasteiger partial charge in [-0.1, -0.05) is 24.3 Å². The first kappa shape index (κ1) is 13.6. The van der Waals surface area contributed by atoms with Crippen molar-refractivity contribution in [3.63, 3.8) is 0 Å². The van der Waals surface area contributed by atoms with Crippen LogP contribution in [0.25, 0.3) is 0 Å². The fourth-order valence-corrected chi connectivity index (χ4v) is 2.50. The predicted molar refractivity (Wildman–Crippen MR) is 78.9 cm³/mol. The number of ether oxygens (including phenoxy) is 1. The number of hydrogen-bond donors (Lipinski definition) is 0. The molecule has 1 aliphatic heterocycles. The summed E-state index contributed by atoms with van der Waals surface area (Å²) in [5, 5.41) is 0. The van der Waals surface area contributed by atoms with Crippen molar-refractivity contribution in [3.05, 3.63) is 59.4 Å². The summed E-state index contributed by atoms with van der Waals surface area (Å²) in [6, 6.07) is 12.1. The average Bonchev–Trinajstić information content (AvgIpc) is 2.46. The van der Waals surface area contributed by atoms with E-state index in [1.54, 1.807) is 17.9 Å². The van der Waals surface area contributed by atoms with Crippen LogP contribution in [0.3, 0.4) is 0 Å². The molecule has 1 unspecified atom stereocenters. The first-order valence-corrected chi connectivity index (χ1v) is 6.88. The number of carbonyl (C=O) groups excluding carboxylic acids is 1. The van der Waals surface area contributed by atoms with E-state index in [0.29, 0.717) is 18.0 Å². The van der Waals surface area contributed by atoms with Crippen LogP contribution in [0.5, 0.6) is 5.75 Å². The minimum atomic E-state index is -0.563. The smallest absolute Gasteiger partial charge is 0.268 e. The largest absolute Gasteiger partial charge is 0.479 e. The highest BCUT2D eigenvalue weighted by Crippen LogP contribution is 2.35. The second-order valence-corrected chi connectivity index (χ2v) is 5.22. The van der Waals surface area contributed by atoms with E-state index in [2.05, 4.69) is 0 Å². The summed E-state index contributed by atoms with van der Waals surface area (Å²) in [7, 11) is 0. The van der Waals surface area contributed by atoms with Gasteiger partial charge < -0.3 is 9.64 Å². The van der Waals surface area contributed by atoms with Gasteiger partial charge in [-0.15, -0.1) is 0 Å². The maximum atomic E-state index is 13.5. The third-order valence-electron chi connectivity index (χ3n) is 3.72. The second-order valence-electron chi connectivity index (χ2n) is 5.22. The lowest BCUT2D eigenvalue weighted by molar-refractivity contribution is -0.125. The fourth-order valence-electron chi connectivity index (χ4n) is 2.50. The van der Waals surface area contributed by atoms with Crippen LogP contribution in [0.15, 0.2) is 42.5 Å². The van der Waals surface area contributed by atoms with Crippen molar-refractivity contribution in [2.24, 2.45) is 0 Å². The molecule has 0 fully saturated rings. The van der Waals surface area contributed by atoms with Crippen LogP contribution in [0.1, 0.15) is 18.1 Å². The third-order valence-corrected chi connectivity index (χ3v) is 3.72. The van der Waals surface area contributed by atoms with E-state index >= 15 is 0 Å². The summed E-state index contributed by atoms with van der Waals surface area (Å²) in [4.78, 5) is 14.0. The molecule has 0 N–H and O–H groups in total. The van der Waals surface area contributed by atoms with E-state index in [-0.39, 0.29) is 11.7 Å². The molecule has 3 rings (SSSR count). The number of hydrogen-bond acceptors (Lipinski definition) is 2. The van der Waals surface area contributed by atoms with Crippen LogP contribution in [0, 0.1) is 12.7 Å². The molecule has 0 bridgehead atoms. The molecule has 0 aromatic heterocycles. The molecule has 0 saturated carbocycles. The van der Waals surface area contributed by atoms with Gasteiger partial charge in [-0.25, -0.2) is 4.39 Å². The number of fused-ring (bicyclic) bond motifs is 1. The zero-order valence-corrected chi connectivity index (χ0v) is 12.0. The average molecular weight is 285 g/mol. The Morgan fingerprint density at radius 3 is 2.76 bits per heavy atom. The number of nitrogens with zero attached hydrogens (tertiary/aromatic N) is 1. The quantitative estimate of drug-likeness (QED) is 0.846. The van der Waals surface area contributed by atoms with Crippen LogP contribution in [0.4, 0.5) is 10.1 Å². The highest BCUT2D eigenvalue weighted by molar-refractivity contribution is 5.99. The molecule has 2 aromatic carbocycles. The molecule has 21 heavy (non-hydrogen) atoms. The Labute approximate surface area is 123 Å². The second kappa shape index (κ2) is 5.20. The van der Waals surface area contributed by atoms with Crippen molar-refractivity contribution in [1.29, 1.82) is 0 Å². The van der Waals surface area contributed by atoms with Crippen molar-refractivity contribution >= 4 is 11.6 Å². The van der Waals surface area contributed by atoms with E-state index in [1.165, 1.54) is 12.1 Å². The van der Waals surface area contributed by atoms with Gasteiger partial charge in [0, 0.05) is 6.07 Å². The standard InChI is InChI=1S/C17H16FNO2/c1-11-5-3-4-6-13(11)10-19-15-9-14(18)7-8-16(15)21-12(2)17(19)20/h3-9,12H,10H2,1-2H3. The molecule has 3 nitrogen and oxygen atoms in total. The Kier molecular flexibility index (Phi) is 3.37. The minimum absolute atomic E-state index is 0.156. The molecule has 1 atom stereocenters. The summed E-state index contributed by atoms with van der Waals surface area (Å²) >= 11 is 0. The maximum Gasteiger partial charge on any atom is 0.268 e. The van der Waals surface area contributed by atoms with Crippen molar-refractivity contribution in [2.45, 2.75) is 26.5 Å². The molecular weight excluding hydrogens is 269 g/mol. The minimum Gasteiger partial charge on any atom is -0.479 e. The lowest BCUT2D eigenvalue weighted by Gasteiger charge is -2.33. The van der Waals surface area contributed by atoms with Gasteiger partial charge in [0.1, 0.15) is 11.6 Å². The molecule has 0 saturated heterocycles. The Hall–Kier alpha value is -2.36. The normalized spacial score (nSPS) is 17.4. The molecule has 0 aliphatic carbocycles. The molecule has 1 aliphatic rings. The maximum absolute atomic E-state index is 13.5. The number of rotatable bonds is 2. The van der Waals surface area contributed by atoms with Crippen molar-refractivity contribution in [3.8, 4) is 5.75 Å². The molecule has 2 aromatic rings. The first-order chi connectivity index (χ1) is 10.1. The van der Waals surface area contributed by atoms with Crippen LogP contribution in [-0.2, 0) is 11.3 Å². The zero-order chi connectivity index (χ0) is 15.0. The summed E-state index contributed by atoms with van der Waals surface area (Å²) in [5.74, 6) is 0.00271. The van der Waals surface area contributed by atoms with Gasteiger partial charge in [-0.05, 0) is 37.1 Å². The molecule has 108 valence electrons. The van der Waals surface area contributed by atoms with Crippen LogP contribution >= 0.6 is 0 Å². The Morgan fingerprint density at radius 1 is 1.24 bits per heavy atom. The van der Waals surface area contributed by atoms with Gasteiger partial charge in [0.15, 0.2) is 6.10 Å². The number of benzene rings is 2. The predicted octanol–water partition coefficient (Wildman–Crippen LogP) is 3.45. The summed E-state index contributed by atoms with van der Waals surface area (Å²) in [6.45, 7) is 4.12. The monoisotopic (exact) mass is 285 g/mol. The van der Waals surface area contributed by atoms with Crippen molar-refractivity contribution < 1.29 is 13.9 Å². The summed E-state index contributed by atoms with van der Waals surface area (Å²) < 4.78 is 19.1. The number of anilines is 1. The highest BCUT2D eigenvalue weighted by Gasteiger charge is 2.31. The lowest BCUT2D eigenvalue weighted by atomic mass is 10.1. The summed E-state index contributed by atoms with van der Waals surface area (Å²) in [6.07, 6.45) is -0.563. The van der Waals surface area contributed by atoms with Gasteiger partial charge in [-0.2, -0.15) is 0 Å². The summed E-state index contributed by atoms with van der Waals surface area (Å²) in [5.41, 5.74) is 2.62. The zero-order valence-electron chi connectivity index (χ0n) is 12.0. The third kappa shape index (κ3) is 2.49. The van der Waals surface area contributed by atoms with Crippen molar-refractivity contribution in [1.82, 2.24) is 0 Å². The van der Waals surface area contributed by atoms with Gasteiger partial charge >= 0.3 is 0 Å². The Bertz CT molecular complexity index is 699. The number of aryl methyl sites for hydroxylation is 1. The van der Waals surface area contributed by atoms with E-state index in [1.807, 2.05) is 31.2 Å². The molecule has 0 spiro atoms. The molecule has 0 radical (unpaired) electrons. The highest BCUT2D eigenvalue weighted by atomic mass is 19.1. The van der Waals surface area contributed by atoms with Crippen LogP contribution < -0.4 is 9.64 Å². The van der Waals surface area contributed by atoms with E-state index < -0.39 is 6.10 Å².